The van der Waals surface area contributed by atoms with Gasteiger partial charge in [-0.05, 0) is 36.2 Å². The Labute approximate surface area is 98.0 Å². The number of nitrogens with one attached hydrogen (secondary N) is 2. The first-order chi connectivity index (χ1) is 7.50. The molecular formula is C10H15N3O2S. The standard InChI is InChI=1S/C10H15N3O2S/c1-6(8-3-4-16-5-8)12-7(2)9(14)13-10(11)15/h3-7,12H,1-2H3,(H3,11,13,14,15). The first-order valence-corrected chi connectivity index (χ1v) is 5.83. The number of hydrogen-bond donors (Lipinski definition) is 3. The summed E-state index contributed by atoms with van der Waals surface area (Å²) in [6.07, 6.45) is 0. The minimum atomic E-state index is -0.832. The summed E-state index contributed by atoms with van der Waals surface area (Å²) in [5, 5.41) is 9.09. The van der Waals surface area contributed by atoms with E-state index < -0.39 is 18.0 Å². The van der Waals surface area contributed by atoms with E-state index in [1.807, 2.05) is 29.1 Å². The van der Waals surface area contributed by atoms with Gasteiger partial charge in [0.05, 0.1) is 6.04 Å². The van der Waals surface area contributed by atoms with Crippen LogP contribution >= 0.6 is 11.3 Å². The second-order valence-electron chi connectivity index (χ2n) is 3.52. The second-order valence-corrected chi connectivity index (χ2v) is 4.30. The Hall–Kier alpha value is -1.40. The van der Waals surface area contributed by atoms with Crippen molar-refractivity contribution in [3.05, 3.63) is 22.4 Å². The fourth-order valence-corrected chi connectivity index (χ4v) is 2.05. The van der Waals surface area contributed by atoms with Gasteiger partial charge in [0.1, 0.15) is 0 Å². The Bertz CT molecular complexity index is 364. The van der Waals surface area contributed by atoms with Crippen molar-refractivity contribution in [2.75, 3.05) is 0 Å². The summed E-state index contributed by atoms with van der Waals surface area (Å²) in [5.74, 6) is -0.422. The molecule has 0 aliphatic carbocycles. The number of thiophene rings is 1. The van der Waals surface area contributed by atoms with Crippen molar-refractivity contribution >= 4 is 23.3 Å². The maximum atomic E-state index is 11.4. The van der Waals surface area contributed by atoms with Crippen molar-refractivity contribution < 1.29 is 9.59 Å². The second kappa shape index (κ2) is 5.62. The number of carbonyl (C=O) groups excluding carboxylic acids is 2. The molecule has 0 spiro atoms. The zero-order valence-electron chi connectivity index (χ0n) is 9.19. The summed E-state index contributed by atoms with van der Waals surface area (Å²) < 4.78 is 0. The largest absolute Gasteiger partial charge is 0.351 e. The molecule has 16 heavy (non-hydrogen) atoms. The van der Waals surface area contributed by atoms with Gasteiger partial charge in [0, 0.05) is 6.04 Å². The number of imide groups is 1. The summed E-state index contributed by atoms with van der Waals surface area (Å²) in [6, 6.07) is 0.741. The molecule has 0 aliphatic rings. The number of nitrogens with two attached hydrogens (primary N) is 1. The van der Waals surface area contributed by atoms with Gasteiger partial charge in [-0.3, -0.25) is 15.4 Å². The van der Waals surface area contributed by atoms with Gasteiger partial charge in [-0.15, -0.1) is 0 Å². The molecule has 88 valence electrons. The topological polar surface area (TPSA) is 84.2 Å². The Morgan fingerprint density at radius 2 is 2.12 bits per heavy atom. The van der Waals surface area contributed by atoms with Crippen molar-refractivity contribution in [2.45, 2.75) is 25.9 Å². The summed E-state index contributed by atoms with van der Waals surface area (Å²) in [7, 11) is 0. The predicted octanol–water partition coefficient (Wildman–Crippen LogP) is 0.982. The van der Waals surface area contributed by atoms with Crippen molar-refractivity contribution in [3.63, 3.8) is 0 Å². The summed E-state index contributed by atoms with van der Waals surface area (Å²) in [4.78, 5) is 21.9. The van der Waals surface area contributed by atoms with Gasteiger partial charge in [-0.25, -0.2) is 4.79 Å². The molecule has 2 unspecified atom stereocenters. The van der Waals surface area contributed by atoms with Crippen LogP contribution in [-0.2, 0) is 4.79 Å². The minimum Gasteiger partial charge on any atom is -0.351 e. The van der Waals surface area contributed by atoms with Gasteiger partial charge >= 0.3 is 6.03 Å². The van der Waals surface area contributed by atoms with Crippen LogP contribution in [-0.4, -0.2) is 18.0 Å². The van der Waals surface area contributed by atoms with E-state index in [1.165, 1.54) is 0 Å². The molecule has 6 heteroatoms. The molecule has 0 bridgehead atoms. The molecule has 1 aromatic rings. The molecule has 0 saturated heterocycles. The Morgan fingerprint density at radius 3 is 2.62 bits per heavy atom. The molecule has 0 aromatic carbocycles. The first kappa shape index (κ1) is 12.7. The predicted molar refractivity (Wildman–Crippen MR) is 63.1 cm³/mol. The number of primary amides is 1. The lowest BCUT2D eigenvalue weighted by molar-refractivity contribution is -0.121. The van der Waals surface area contributed by atoms with Crippen LogP contribution in [0.3, 0.4) is 0 Å². The third kappa shape index (κ3) is 3.63. The average Bonchev–Trinajstić information content (AvgIpc) is 2.68. The van der Waals surface area contributed by atoms with Crippen LogP contribution in [0.15, 0.2) is 16.8 Å². The molecule has 4 N–H and O–H groups in total. The van der Waals surface area contributed by atoms with E-state index in [0.717, 1.165) is 5.56 Å². The normalized spacial score (nSPS) is 14.1. The molecular weight excluding hydrogens is 226 g/mol. The number of carbonyl (C=O) groups is 2. The van der Waals surface area contributed by atoms with Crippen LogP contribution in [0.4, 0.5) is 4.79 Å². The number of hydrogen-bond acceptors (Lipinski definition) is 4. The van der Waals surface area contributed by atoms with E-state index >= 15 is 0 Å². The van der Waals surface area contributed by atoms with Gasteiger partial charge in [0.2, 0.25) is 5.91 Å². The van der Waals surface area contributed by atoms with Crippen molar-refractivity contribution in [1.29, 1.82) is 0 Å². The number of amides is 3. The first-order valence-electron chi connectivity index (χ1n) is 4.89. The highest BCUT2D eigenvalue weighted by Crippen LogP contribution is 2.15. The molecule has 2 atom stereocenters. The van der Waals surface area contributed by atoms with Crippen LogP contribution in [0, 0.1) is 0 Å². The number of urea groups is 1. The van der Waals surface area contributed by atoms with E-state index in [1.54, 1.807) is 18.3 Å². The Kier molecular flexibility index (Phi) is 4.45. The third-order valence-corrected chi connectivity index (χ3v) is 2.88. The van der Waals surface area contributed by atoms with Crippen molar-refractivity contribution in [2.24, 2.45) is 5.73 Å². The van der Waals surface area contributed by atoms with Crippen LogP contribution in [0.2, 0.25) is 0 Å². The molecule has 0 saturated carbocycles. The maximum Gasteiger partial charge on any atom is 0.318 e. The zero-order valence-corrected chi connectivity index (χ0v) is 10.0. The van der Waals surface area contributed by atoms with Gasteiger partial charge in [0.25, 0.3) is 0 Å². The molecule has 0 aliphatic heterocycles. The average molecular weight is 241 g/mol. The summed E-state index contributed by atoms with van der Waals surface area (Å²) in [6.45, 7) is 3.64. The molecule has 5 nitrogen and oxygen atoms in total. The van der Waals surface area contributed by atoms with E-state index in [9.17, 15) is 9.59 Å². The van der Waals surface area contributed by atoms with E-state index in [2.05, 4.69) is 5.32 Å². The Morgan fingerprint density at radius 1 is 1.44 bits per heavy atom. The summed E-state index contributed by atoms with van der Waals surface area (Å²) >= 11 is 1.60. The molecule has 1 heterocycles. The number of rotatable bonds is 4. The Balaban J connectivity index is 2.48. The lowest BCUT2D eigenvalue weighted by atomic mass is 10.1. The van der Waals surface area contributed by atoms with Gasteiger partial charge in [-0.1, -0.05) is 0 Å². The zero-order chi connectivity index (χ0) is 12.1. The minimum absolute atomic E-state index is 0.0554. The smallest absolute Gasteiger partial charge is 0.318 e. The monoisotopic (exact) mass is 241 g/mol. The van der Waals surface area contributed by atoms with E-state index in [0.29, 0.717) is 0 Å². The SMILES string of the molecule is CC(NC(C)c1ccsc1)C(=O)NC(N)=O. The highest BCUT2D eigenvalue weighted by atomic mass is 32.1. The fourth-order valence-electron chi connectivity index (χ4n) is 1.30. The van der Waals surface area contributed by atoms with Crippen LogP contribution < -0.4 is 16.4 Å². The highest BCUT2D eigenvalue weighted by Gasteiger charge is 2.17. The quantitative estimate of drug-likeness (QED) is 0.734. The molecule has 1 aromatic heterocycles. The lowest BCUT2D eigenvalue weighted by Crippen LogP contribution is -2.46. The van der Waals surface area contributed by atoms with E-state index in [-0.39, 0.29) is 6.04 Å². The molecule has 1 rings (SSSR count). The van der Waals surface area contributed by atoms with Crippen molar-refractivity contribution in [1.82, 2.24) is 10.6 Å². The van der Waals surface area contributed by atoms with Crippen molar-refractivity contribution in [3.8, 4) is 0 Å². The molecule has 0 fully saturated rings. The highest BCUT2D eigenvalue weighted by molar-refractivity contribution is 7.07. The molecule has 0 radical (unpaired) electrons. The van der Waals surface area contributed by atoms with Crippen LogP contribution in [0.5, 0.6) is 0 Å². The van der Waals surface area contributed by atoms with Crippen LogP contribution in [0.25, 0.3) is 0 Å². The lowest BCUT2D eigenvalue weighted by Gasteiger charge is -2.18. The van der Waals surface area contributed by atoms with Crippen LogP contribution in [0.1, 0.15) is 25.5 Å². The molecule has 3 amide bonds. The summed E-state index contributed by atoms with van der Waals surface area (Å²) in [5.41, 5.74) is 5.97. The van der Waals surface area contributed by atoms with E-state index in [4.69, 9.17) is 5.73 Å². The van der Waals surface area contributed by atoms with Gasteiger partial charge in [-0.2, -0.15) is 11.3 Å². The van der Waals surface area contributed by atoms with Gasteiger partial charge in [0.15, 0.2) is 0 Å². The fraction of sp³-hybridized carbons (Fsp3) is 0.400. The van der Waals surface area contributed by atoms with Gasteiger partial charge < -0.3 is 5.73 Å². The maximum absolute atomic E-state index is 11.4. The third-order valence-electron chi connectivity index (χ3n) is 2.18.